The first-order valence-electron chi connectivity index (χ1n) is 7.89. The summed E-state index contributed by atoms with van der Waals surface area (Å²) in [5.41, 5.74) is 1.82. The number of fused-ring (bicyclic) bond motifs is 1. The fourth-order valence-electron chi connectivity index (χ4n) is 2.74. The van der Waals surface area contributed by atoms with Gasteiger partial charge in [0.2, 0.25) is 15.9 Å². The Morgan fingerprint density at radius 1 is 1.41 bits per heavy atom. The smallest absolute Gasteiger partial charge is 0.240 e. The van der Waals surface area contributed by atoms with Crippen LogP contribution in [0.5, 0.6) is 0 Å². The average Bonchev–Trinajstić information content (AvgIpc) is 3.25. The minimum atomic E-state index is -3.49. The summed E-state index contributed by atoms with van der Waals surface area (Å²) in [7, 11) is -3.49. The number of nitrogens with zero attached hydrogens (tertiary/aromatic N) is 1. The molecular formula is C16H22N2O3S. The summed E-state index contributed by atoms with van der Waals surface area (Å²) >= 11 is 0. The monoisotopic (exact) mass is 322 g/mol. The predicted octanol–water partition coefficient (Wildman–Crippen LogP) is 2.06. The lowest BCUT2D eigenvalue weighted by Gasteiger charge is -2.17. The lowest BCUT2D eigenvalue weighted by Crippen LogP contribution is -2.32. The molecular weight excluding hydrogens is 300 g/mol. The number of anilines is 1. The standard InChI is InChI=1S/C16H22N2O3S/c1-3-11(2)17-22(20,21)14-6-7-15-13(10-14)8-9-18(15)16(19)12-4-5-12/h6-7,10-12,17H,3-5,8-9H2,1-2H3/t11-/m1/s1. The molecule has 1 heterocycles. The van der Waals surface area contributed by atoms with Gasteiger partial charge in [0.05, 0.1) is 4.90 Å². The van der Waals surface area contributed by atoms with E-state index in [-0.39, 0.29) is 22.8 Å². The van der Waals surface area contributed by atoms with Gasteiger partial charge in [-0.05, 0) is 56.4 Å². The van der Waals surface area contributed by atoms with Crippen molar-refractivity contribution in [1.29, 1.82) is 0 Å². The highest BCUT2D eigenvalue weighted by atomic mass is 32.2. The minimum absolute atomic E-state index is 0.0915. The van der Waals surface area contributed by atoms with E-state index in [0.717, 1.165) is 36.9 Å². The van der Waals surface area contributed by atoms with Gasteiger partial charge in [0.25, 0.3) is 0 Å². The molecule has 1 saturated carbocycles. The first-order chi connectivity index (χ1) is 10.4. The number of sulfonamides is 1. The first kappa shape index (κ1) is 15.5. The van der Waals surface area contributed by atoms with Gasteiger partial charge in [-0.15, -0.1) is 0 Å². The number of rotatable bonds is 5. The minimum Gasteiger partial charge on any atom is -0.312 e. The Labute approximate surface area is 131 Å². The van der Waals surface area contributed by atoms with E-state index in [1.54, 1.807) is 18.2 Å². The van der Waals surface area contributed by atoms with Crippen molar-refractivity contribution < 1.29 is 13.2 Å². The van der Waals surface area contributed by atoms with Gasteiger partial charge < -0.3 is 4.90 Å². The summed E-state index contributed by atoms with van der Waals surface area (Å²) in [4.78, 5) is 14.3. The molecule has 1 N–H and O–H groups in total. The van der Waals surface area contributed by atoms with E-state index >= 15 is 0 Å². The van der Waals surface area contributed by atoms with E-state index < -0.39 is 10.0 Å². The van der Waals surface area contributed by atoms with Crippen LogP contribution in [0.25, 0.3) is 0 Å². The lowest BCUT2D eigenvalue weighted by atomic mass is 10.2. The third-order valence-corrected chi connectivity index (χ3v) is 6.01. The molecule has 1 aliphatic heterocycles. The summed E-state index contributed by atoms with van der Waals surface area (Å²) in [5, 5.41) is 0. The number of amides is 1. The van der Waals surface area contributed by atoms with Crippen LogP contribution in [0.2, 0.25) is 0 Å². The van der Waals surface area contributed by atoms with Crippen LogP contribution < -0.4 is 9.62 Å². The van der Waals surface area contributed by atoms with E-state index in [1.807, 2.05) is 18.7 Å². The molecule has 2 aliphatic rings. The Balaban J connectivity index is 1.84. The molecule has 1 aromatic rings. The molecule has 1 aliphatic carbocycles. The van der Waals surface area contributed by atoms with Crippen LogP contribution >= 0.6 is 0 Å². The second-order valence-corrected chi connectivity index (χ2v) is 7.95. The van der Waals surface area contributed by atoms with Crippen LogP contribution in [0, 0.1) is 5.92 Å². The van der Waals surface area contributed by atoms with Crippen molar-refractivity contribution >= 4 is 21.6 Å². The van der Waals surface area contributed by atoms with Crippen LogP contribution in [0.3, 0.4) is 0 Å². The summed E-state index contributed by atoms with van der Waals surface area (Å²) in [5.74, 6) is 0.369. The largest absolute Gasteiger partial charge is 0.312 e. The Bertz CT molecular complexity index is 695. The summed E-state index contributed by atoms with van der Waals surface area (Å²) in [6.07, 6.45) is 3.43. The molecule has 1 fully saturated rings. The molecule has 1 atom stereocenters. The molecule has 6 heteroatoms. The van der Waals surface area contributed by atoms with Gasteiger partial charge in [0.1, 0.15) is 0 Å². The van der Waals surface area contributed by atoms with Crippen LogP contribution in [0.15, 0.2) is 23.1 Å². The Kier molecular flexibility index (Phi) is 3.99. The number of nitrogens with one attached hydrogen (secondary N) is 1. The number of benzene rings is 1. The average molecular weight is 322 g/mol. The molecule has 0 saturated heterocycles. The molecule has 3 rings (SSSR count). The van der Waals surface area contributed by atoms with Gasteiger partial charge in [-0.1, -0.05) is 6.92 Å². The number of hydrogen-bond acceptors (Lipinski definition) is 3. The van der Waals surface area contributed by atoms with E-state index in [9.17, 15) is 13.2 Å². The molecule has 0 bridgehead atoms. The molecule has 0 spiro atoms. The van der Waals surface area contributed by atoms with Gasteiger partial charge in [-0.2, -0.15) is 0 Å². The molecule has 22 heavy (non-hydrogen) atoms. The second-order valence-electron chi connectivity index (χ2n) is 6.24. The highest BCUT2D eigenvalue weighted by Gasteiger charge is 2.36. The van der Waals surface area contributed by atoms with Gasteiger partial charge in [-0.25, -0.2) is 13.1 Å². The number of hydrogen-bond donors (Lipinski definition) is 1. The van der Waals surface area contributed by atoms with Crippen LogP contribution in [0.1, 0.15) is 38.7 Å². The van der Waals surface area contributed by atoms with E-state index in [1.165, 1.54) is 0 Å². The maximum atomic E-state index is 12.3. The van der Waals surface area contributed by atoms with Gasteiger partial charge in [0, 0.05) is 24.2 Å². The highest BCUT2D eigenvalue weighted by Crippen LogP contribution is 2.37. The zero-order chi connectivity index (χ0) is 15.9. The lowest BCUT2D eigenvalue weighted by molar-refractivity contribution is -0.119. The normalized spacial score (nSPS) is 19.1. The highest BCUT2D eigenvalue weighted by molar-refractivity contribution is 7.89. The van der Waals surface area contributed by atoms with Gasteiger partial charge >= 0.3 is 0 Å². The molecule has 0 aromatic heterocycles. The number of carbonyl (C=O) groups excluding carboxylic acids is 1. The Morgan fingerprint density at radius 3 is 2.77 bits per heavy atom. The summed E-state index contributed by atoms with van der Waals surface area (Å²) in [6.45, 7) is 4.45. The first-order valence-corrected chi connectivity index (χ1v) is 9.37. The zero-order valence-corrected chi connectivity index (χ0v) is 13.8. The molecule has 5 nitrogen and oxygen atoms in total. The quantitative estimate of drug-likeness (QED) is 0.902. The summed E-state index contributed by atoms with van der Waals surface area (Å²) < 4.78 is 27.4. The van der Waals surface area contributed by atoms with Gasteiger partial charge in [0.15, 0.2) is 0 Å². The van der Waals surface area contributed by atoms with Crippen LogP contribution in [-0.4, -0.2) is 26.9 Å². The van der Waals surface area contributed by atoms with E-state index in [0.29, 0.717) is 6.54 Å². The predicted molar refractivity (Wildman–Crippen MR) is 85.3 cm³/mol. The van der Waals surface area contributed by atoms with Crippen LogP contribution in [-0.2, 0) is 21.2 Å². The maximum absolute atomic E-state index is 12.3. The molecule has 120 valence electrons. The Hall–Kier alpha value is -1.40. The fraction of sp³-hybridized carbons (Fsp3) is 0.562. The van der Waals surface area contributed by atoms with Gasteiger partial charge in [-0.3, -0.25) is 4.79 Å². The molecule has 0 unspecified atom stereocenters. The molecule has 1 amide bonds. The van der Waals surface area contributed by atoms with Crippen molar-refractivity contribution in [1.82, 2.24) is 4.72 Å². The summed E-state index contributed by atoms with van der Waals surface area (Å²) in [6, 6.07) is 4.99. The van der Waals surface area contributed by atoms with Crippen molar-refractivity contribution in [2.75, 3.05) is 11.4 Å². The molecule has 0 radical (unpaired) electrons. The van der Waals surface area contributed by atoms with E-state index in [4.69, 9.17) is 0 Å². The number of carbonyl (C=O) groups is 1. The topological polar surface area (TPSA) is 66.5 Å². The van der Waals surface area contributed by atoms with E-state index in [2.05, 4.69) is 4.72 Å². The van der Waals surface area contributed by atoms with Crippen LogP contribution in [0.4, 0.5) is 5.69 Å². The van der Waals surface area contributed by atoms with Crippen molar-refractivity contribution in [2.24, 2.45) is 5.92 Å². The maximum Gasteiger partial charge on any atom is 0.240 e. The third-order valence-electron chi connectivity index (χ3n) is 4.42. The SMILES string of the molecule is CC[C@@H](C)NS(=O)(=O)c1ccc2c(c1)CCN2C(=O)C1CC1. The van der Waals surface area contributed by atoms with Crippen molar-refractivity contribution in [3.05, 3.63) is 23.8 Å². The second kappa shape index (κ2) is 5.66. The van der Waals surface area contributed by atoms with Crippen molar-refractivity contribution in [3.8, 4) is 0 Å². The Morgan fingerprint density at radius 2 is 2.14 bits per heavy atom. The van der Waals surface area contributed by atoms with Crippen molar-refractivity contribution in [3.63, 3.8) is 0 Å². The molecule has 1 aromatic carbocycles. The fourth-order valence-corrected chi connectivity index (χ4v) is 4.12. The van der Waals surface area contributed by atoms with Crippen molar-refractivity contribution in [2.45, 2.75) is 50.5 Å². The third kappa shape index (κ3) is 2.90. The zero-order valence-electron chi connectivity index (χ0n) is 13.0.